The smallest absolute Gasteiger partial charge is 0.416 e. The fourth-order valence-corrected chi connectivity index (χ4v) is 3.40. The number of nitrogens with zero attached hydrogens (tertiary/aromatic N) is 2. The number of nitriles is 1. The molecular formula is C23H12Cl2F3N3O4. The molecule has 12 heteroatoms. The molecule has 0 heterocycles. The van der Waals surface area contributed by atoms with Crippen LogP contribution in [-0.2, 0) is 11.0 Å². The molecule has 178 valence electrons. The molecule has 0 saturated heterocycles. The number of amides is 1. The van der Waals surface area contributed by atoms with E-state index in [9.17, 15) is 33.3 Å². The van der Waals surface area contributed by atoms with Crippen LogP contribution in [0.2, 0.25) is 10.0 Å². The predicted octanol–water partition coefficient (Wildman–Crippen LogP) is 7.26. The maximum atomic E-state index is 13.0. The molecule has 0 bridgehead atoms. The zero-order valence-electron chi connectivity index (χ0n) is 17.3. The van der Waals surface area contributed by atoms with Crippen LogP contribution in [0.3, 0.4) is 0 Å². The van der Waals surface area contributed by atoms with Crippen molar-refractivity contribution in [3.63, 3.8) is 0 Å². The van der Waals surface area contributed by atoms with Crippen molar-refractivity contribution in [2.75, 3.05) is 5.32 Å². The fraction of sp³-hybridized carbons (Fsp3) is 0.0435. The van der Waals surface area contributed by atoms with E-state index in [0.29, 0.717) is 17.8 Å². The molecule has 3 rings (SSSR count). The average molecular weight is 522 g/mol. The summed E-state index contributed by atoms with van der Waals surface area (Å²) in [5.74, 6) is -1.59. The van der Waals surface area contributed by atoms with Gasteiger partial charge in [0.15, 0.2) is 5.75 Å². The molecule has 0 saturated carbocycles. The fourth-order valence-electron chi connectivity index (χ4n) is 2.85. The largest absolute Gasteiger partial charge is 0.448 e. The Balaban J connectivity index is 2.05. The van der Waals surface area contributed by atoms with E-state index < -0.39 is 34.0 Å². The van der Waals surface area contributed by atoms with E-state index in [1.807, 2.05) is 0 Å². The number of para-hydroxylation sites is 1. The second kappa shape index (κ2) is 10.5. The van der Waals surface area contributed by atoms with Gasteiger partial charge in [0.2, 0.25) is 5.75 Å². The van der Waals surface area contributed by atoms with Gasteiger partial charge in [-0.25, -0.2) is 0 Å². The van der Waals surface area contributed by atoms with E-state index in [2.05, 4.69) is 5.32 Å². The Hall–Kier alpha value is -4.07. The molecule has 35 heavy (non-hydrogen) atoms. The molecule has 1 amide bonds. The summed E-state index contributed by atoms with van der Waals surface area (Å²) in [4.78, 5) is 22.9. The van der Waals surface area contributed by atoms with Crippen LogP contribution in [0.1, 0.15) is 11.1 Å². The third kappa shape index (κ3) is 6.29. The minimum Gasteiger partial charge on any atom is -0.448 e. The van der Waals surface area contributed by atoms with E-state index in [0.717, 1.165) is 12.1 Å². The van der Waals surface area contributed by atoms with Gasteiger partial charge in [-0.2, -0.15) is 18.4 Å². The van der Waals surface area contributed by atoms with Gasteiger partial charge in [-0.05, 0) is 42.5 Å². The van der Waals surface area contributed by atoms with Gasteiger partial charge in [-0.1, -0.05) is 41.4 Å². The Morgan fingerprint density at radius 2 is 1.80 bits per heavy atom. The lowest BCUT2D eigenvalue weighted by Crippen LogP contribution is -2.13. The number of nitro benzene ring substituents is 1. The number of hydrogen-bond donors (Lipinski definition) is 1. The quantitative estimate of drug-likeness (QED) is 0.159. The lowest BCUT2D eigenvalue weighted by atomic mass is 10.1. The van der Waals surface area contributed by atoms with Gasteiger partial charge >= 0.3 is 11.9 Å². The maximum Gasteiger partial charge on any atom is 0.416 e. The summed E-state index contributed by atoms with van der Waals surface area (Å²) in [6.45, 7) is 0. The first-order valence-electron chi connectivity index (χ1n) is 9.50. The van der Waals surface area contributed by atoms with Crippen LogP contribution in [0.5, 0.6) is 11.5 Å². The first-order valence-corrected chi connectivity index (χ1v) is 10.3. The van der Waals surface area contributed by atoms with Gasteiger partial charge in [0.25, 0.3) is 5.91 Å². The monoisotopic (exact) mass is 521 g/mol. The van der Waals surface area contributed by atoms with Gasteiger partial charge in [0, 0.05) is 22.3 Å². The number of nitrogens with one attached hydrogen (secondary N) is 1. The molecule has 1 N–H and O–H groups in total. The molecule has 7 nitrogen and oxygen atoms in total. The molecule has 0 unspecified atom stereocenters. The van der Waals surface area contributed by atoms with Crippen LogP contribution in [0.15, 0.2) is 66.2 Å². The topological polar surface area (TPSA) is 105 Å². The van der Waals surface area contributed by atoms with Crippen LogP contribution in [0.4, 0.5) is 24.5 Å². The minimum absolute atomic E-state index is 0.0172. The number of ether oxygens (including phenoxy) is 1. The van der Waals surface area contributed by atoms with Crippen molar-refractivity contribution in [2.24, 2.45) is 0 Å². The number of carbonyl (C=O) groups excluding carboxylic acids is 1. The number of alkyl halides is 3. The minimum atomic E-state index is -4.82. The van der Waals surface area contributed by atoms with Crippen LogP contribution in [0, 0.1) is 21.4 Å². The van der Waals surface area contributed by atoms with Crippen molar-refractivity contribution in [3.8, 4) is 17.6 Å². The molecule has 3 aromatic carbocycles. The lowest BCUT2D eigenvalue weighted by Gasteiger charge is -2.13. The van der Waals surface area contributed by atoms with E-state index >= 15 is 0 Å². The van der Waals surface area contributed by atoms with Crippen molar-refractivity contribution in [1.82, 2.24) is 0 Å². The van der Waals surface area contributed by atoms with Crippen molar-refractivity contribution < 1.29 is 27.6 Å². The van der Waals surface area contributed by atoms with Gasteiger partial charge in [-0.15, -0.1) is 0 Å². The molecule has 0 aromatic heterocycles. The highest BCUT2D eigenvalue weighted by atomic mass is 35.5. The van der Waals surface area contributed by atoms with Crippen LogP contribution < -0.4 is 10.1 Å². The number of hydrogen-bond acceptors (Lipinski definition) is 5. The van der Waals surface area contributed by atoms with E-state index in [1.54, 1.807) is 36.4 Å². The molecule has 0 aliphatic carbocycles. The summed E-state index contributed by atoms with van der Waals surface area (Å²) in [6.07, 6.45) is -3.73. The average Bonchev–Trinajstić information content (AvgIpc) is 2.79. The number of rotatable bonds is 6. The number of carbonyl (C=O) groups is 1. The van der Waals surface area contributed by atoms with Crippen molar-refractivity contribution in [1.29, 1.82) is 5.26 Å². The Morgan fingerprint density at radius 3 is 2.40 bits per heavy atom. The maximum absolute atomic E-state index is 13.0. The first kappa shape index (κ1) is 25.6. The van der Waals surface area contributed by atoms with Gasteiger partial charge < -0.3 is 10.1 Å². The Labute approximate surface area is 206 Å². The summed E-state index contributed by atoms with van der Waals surface area (Å²) in [6, 6.07) is 14.2. The molecule has 3 aromatic rings. The number of nitro groups is 1. The van der Waals surface area contributed by atoms with Crippen molar-refractivity contribution in [2.45, 2.75) is 6.18 Å². The van der Waals surface area contributed by atoms with Crippen molar-refractivity contribution >= 4 is 46.6 Å². The summed E-state index contributed by atoms with van der Waals surface area (Å²) in [5.41, 5.74) is -2.21. The summed E-state index contributed by atoms with van der Waals surface area (Å²) < 4.78 is 44.5. The van der Waals surface area contributed by atoms with E-state index in [-0.39, 0.29) is 26.9 Å². The van der Waals surface area contributed by atoms with Gasteiger partial charge in [0.05, 0.1) is 15.5 Å². The number of benzene rings is 3. The highest BCUT2D eigenvalue weighted by Crippen LogP contribution is 2.42. The zero-order valence-corrected chi connectivity index (χ0v) is 18.8. The molecule has 0 spiro atoms. The van der Waals surface area contributed by atoms with E-state index in [1.165, 1.54) is 12.1 Å². The van der Waals surface area contributed by atoms with Crippen LogP contribution in [-0.4, -0.2) is 10.8 Å². The molecule has 0 radical (unpaired) electrons. The Morgan fingerprint density at radius 1 is 1.11 bits per heavy atom. The van der Waals surface area contributed by atoms with Gasteiger partial charge in [0.1, 0.15) is 11.6 Å². The predicted molar refractivity (Wildman–Crippen MR) is 123 cm³/mol. The van der Waals surface area contributed by atoms with E-state index in [4.69, 9.17) is 27.9 Å². The normalized spacial score (nSPS) is 11.5. The second-order valence-corrected chi connectivity index (χ2v) is 7.68. The SMILES string of the molecule is N#C/C(=C\c1cc(Cl)cc(Cl)c1Oc1ccc(C(F)(F)F)cc1[N+](=O)[O-])C(=O)Nc1ccccc1. The van der Waals surface area contributed by atoms with Gasteiger partial charge in [-0.3, -0.25) is 14.9 Å². The summed E-state index contributed by atoms with van der Waals surface area (Å²) in [5, 5.41) is 23.3. The third-order valence-corrected chi connectivity index (χ3v) is 4.93. The van der Waals surface area contributed by atoms with Crippen LogP contribution >= 0.6 is 23.2 Å². The molecular weight excluding hydrogens is 510 g/mol. The molecule has 0 fully saturated rings. The van der Waals surface area contributed by atoms with Crippen molar-refractivity contribution in [3.05, 3.63) is 97.5 Å². The zero-order chi connectivity index (χ0) is 25.8. The number of anilines is 1. The second-order valence-electron chi connectivity index (χ2n) is 6.84. The highest BCUT2D eigenvalue weighted by molar-refractivity contribution is 6.36. The molecule has 0 aliphatic heterocycles. The summed E-state index contributed by atoms with van der Waals surface area (Å²) >= 11 is 12.2. The standard InChI is InChI=1S/C23H12Cl2F3N3O4/c24-16-9-13(8-14(12-29)22(32)30-17-4-2-1-3-5-17)21(18(25)11-16)35-20-7-6-15(23(26,27)28)10-19(20)31(33)34/h1-11H,(H,30,32)/b14-8+. The Kier molecular flexibility index (Phi) is 7.64. The molecule has 0 atom stereocenters. The Bertz CT molecular complexity index is 1370. The van der Waals surface area contributed by atoms with Crippen LogP contribution in [0.25, 0.3) is 6.08 Å². The lowest BCUT2D eigenvalue weighted by molar-refractivity contribution is -0.385. The summed E-state index contributed by atoms with van der Waals surface area (Å²) in [7, 11) is 0. The number of halogens is 5. The first-order chi connectivity index (χ1) is 16.5. The molecule has 0 aliphatic rings. The third-order valence-electron chi connectivity index (χ3n) is 4.43. The highest BCUT2D eigenvalue weighted by Gasteiger charge is 2.33.